The molecule has 0 saturated heterocycles. The fourth-order valence-corrected chi connectivity index (χ4v) is 4.34. The summed E-state index contributed by atoms with van der Waals surface area (Å²) in [6.07, 6.45) is 3.05. The van der Waals surface area contributed by atoms with E-state index in [0.29, 0.717) is 17.8 Å². The number of rotatable bonds is 9. The second-order valence-electron chi connectivity index (χ2n) is 9.09. The molecule has 2 aromatic carbocycles. The normalized spacial score (nSPS) is 20.1. The number of aromatic carboxylic acids is 1. The Labute approximate surface area is 198 Å². The average molecular weight is 471 g/mol. The number of anilines is 1. The number of nitro groups is 1. The first-order valence-electron chi connectivity index (χ1n) is 11.3. The number of carbonyl (C=O) groups excluding carboxylic acids is 1. The quantitative estimate of drug-likeness (QED) is 0.366. The number of carboxylic acids is 1. The van der Waals surface area contributed by atoms with E-state index in [-0.39, 0.29) is 41.1 Å². The van der Waals surface area contributed by atoms with Crippen molar-refractivity contribution in [1.82, 2.24) is 0 Å². The minimum Gasteiger partial charge on any atom is -0.478 e. The van der Waals surface area contributed by atoms with Crippen LogP contribution in [0.3, 0.4) is 0 Å². The van der Waals surface area contributed by atoms with Crippen LogP contribution in [0.4, 0.5) is 11.4 Å². The van der Waals surface area contributed by atoms with E-state index >= 15 is 0 Å². The van der Waals surface area contributed by atoms with Gasteiger partial charge in [-0.05, 0) is 54.9 Å². The highest BCUT2D eigenvalue weighted by atomic mass is 16.6. The number of carboxylic acid groups (broad SMARTS) is 1. The Hall–Kier alpha value is -3.46. The molecule has 2 aromatic rings. The van der Waals surface area contributed by atoms with Gasteiger partial charge in [-0.2, -0.15) is 0 Å². The monoisotopic (exact) mass is 470 g/mol. The minimum atomic E-state index is -1.10. The average Bonchev–Trinajstić information content (AvgIpc) is 2.77. The van der Waals surface area contributed by atoms with Gasteiger partial charge in [0.2, 0.25) is 0 Å². The van der Waals surface area contributed by atoms with Crippen LogP contribution in [0.15, 0.2) is 42.5 Å². The highest BCUT2D eigenvalue weighted by Gasteiger charge is 2.32. The number of ether oxygens (including phenoxy) is 2. The summed E-state index contributed by atoms with van der Waals surface area (Å²) in [6, 6.07) is 9.80. The molecule has 1 aliphatic carbocycles. The Balaban J connectivity index is 1.71. The van der Waals surface area contributed by atoms with Gasteiger partial charge in [0.05, 0.1) is 16.6 Å². The first-order chi connectivity index (χ1) is 16.1. The Morgan fingerprint density at radius 2 is 1.91 bits per heavy atom. The summed E-state index contributed by atoms with van der Waals surface area (Å²) in [5.74, 6) is 0.207. The summed E-state index contributed by atoms with van der Waals surface area (Å²) in [4.78, 5) is 34.6. The van der Waals surface area contributed by atoms with Gasteiger partial charge in [0, 0.05) is 12.1 Å². The van der Waals surface area contributed by atoms with Gasteiger partial charge >= 0.3 is 5.97 Å². The van der Waals surface area contributed by atoms with Crippen molar-refractivity contribution in [3.05, 3.63) is 58.1 Å². The molecule has 1 saturated carbocycles. The van der Waals surface area contributed by atoms with Crippen LogP contribution in [0.25, 0.3) is 0 Å². The van der Waals surface area contributed by atoms with Crippen LogP contribution < -0.4 is 10.1 Å². The third-order valence-corrected chi connectivity index (χ3v) is 6.15. The standard InChI is InChI=1S/C25H30N2O7/c1-15(2)20-9-7-16(3)11-23(20)33-14-24(28)26-21-13-19(8-10-22(21)27(31)32)34-18-6-4-5-17(12-18)25(29)30/h4-6,8,10,12-13,15-16,20,23H,7,9,11,14H2,1-3H3,(H,26,28)(H,29,30). The lowest BCUT2D eigenvalue weighted by Gasteiger charge is -2.37. The van der Waals surface area contributed by atoms with Crippen molar-refractivity contribution in [1.29, 1.82) is 0 Å². The molecule has 3 atom stereocenters. The molecular weight excluding hydrogens is 440 g/mol. The summed E-state index contributed by atoms with van der Waals surface area (Å²) in [5, 5.41) is 23.2. The predicted octanol–water partition coefficient (Wildman–Crippen LogP) is 5.50. The summed E-state index contributed by atoms with van der Waals surface area (Å²) in [5.41, 5.74) is -0.268. The molecule has 2 N–H and O–H groups in total. The lowest BCUT2D eigenvalue weighted by atomic mass is 9.75. The predicted molar refractivity (Wildman–Crippen MR) is 126 cm³/mol. The van der Waals surface area contributed by atoms with Crippen LogP contribution in [0.1, 0.15) is 50.4 Å². The fourth-order valence-electron chi connectivity index (χ4n) is 4.34. The molecule has 1 amide bonds. The van der Waals surface area contributed by atoms with E-state index in [0.717, 1.165) is 19.3 Å². The number of hydrogen-bond donors (Lipinski definition) is 2. The molecule has 0 bridgehead atoms. The van der Waals surface area contributed by atoms with Gasteiger partial charge < -0.3 is 19.9 Å². The summed E-state index contributed by atoms with van der Waals surface area (Å²) >= 11 is 0. The van der Waals surface area contributed by atoms with Gasteiger partial charge in [-0.1, -0.05) is 33.3 Å². The van der Waals surface area contributed by atoms with Crippen LogP contribution >= 0.6 is 0 Å². The van der Waals surface area contributed by atoms with Crippen LogP contribution in [0.5, 0.6) is 11.5 Å². The minimum absolute atomic E-state index is 0.0251. The fraction of sp³-hybridized carbons (Fsp3) is 0.440. The maximum atomic E-state index is 12.6. The molecule has 1 aliphatic rings. The first kappa shape index (κ1) is 25.2. The topological polar surface area (TPSA) is 128 Å². The third-order valence-electron chi connectivity index (χ3n) is 6.15. The van der Waals surface area contributed by atoms with Gasteiger partial charge in [0.1, 0.15) is 23.8 Å². The first-order valence-corrected chi connectivity index (χ1v) is 11.3. The number of benzene rings is 2. The van der Waals surface area contributed by atoms with Crippen LogP contribution in [-0.2, 0) is 9.53 Å². The van der Waals surface area contributed by atoms with Gasteiger partial charge in [0.25, 0.3) is 11.6 Å². The Morgan fingerprint density at radius 1 is 1.18 bits per heavy atom. The molecule has 182 valence electrons. The van der Waals surface area contributed by atoms with E-state index in [1.54, 1.807) is 6.07 Å². The van der Waals surface area contributed by atoms with Gasteiger partial charge in [-0.15, -0.1) is 0 Å². The van der Waals surface area contributed by atoms with Crippen molar-refractivity contribution in [2.45, 2.75) is 46.1 Å². The molecule has 34 heavy (non-hydrogen) atoms. The number of nitrogens with zero attached hydrogens (tertiary/aromatic N) is 1. The van der Waals surface area contributed by atoms with E-state index in [1.165, 1.54) is 36.4 Å². The number of nitro benzene ring substituents is 1. The SMILES string of the molecule is CC1CCC(C(C)C)C(OCC(=O)Nc2cc(Oc3cccc(C(=O)O)c3)ccc2[N+](=O)[O-])C1. The van der Waals surface area contributed by atoms with Crippen molar-refractivity contribution in [2.75, 3.05) is 11.9 Å². The maximum absolute atomic E-state index is 12.6. The number of hydrogen-bond acceptors (Lipinski definition) is 6. The lowest BCUT2D eigenvalue weighted by Crippen LogP contribution is -2.36. The molecular formula is C25H30N2O7. The van der Waals surface area contributed by atoms with Crippen molar-refractivity contribution < 1.29 is 29.1 Å². The van der Waals surface area contributed by atoms with E-state index in [4.69, 9.17) is 14.6 Å². The molecule has 0 radical (unpaired) electrons. The Kier molecular flexibility index (Phi) is 8.22. The van der Waals surface area contributed by atoms with E-state index < -0.39 is 16.8 Å². The third kappa shape index (κ3) is 6.54. The highest BCUT2D eigenvalue weighted by Crippen LogP contribution is 2.35. The van der Waals surface area contributed by atoms with Crippen LogP contribution in [0, 0.1) is 27.9 Å². The van der Waals surface area contributed by atoms with Gasteiger partial charge in [-0.3, -0.25) is 14.9 Å². The van der Waals surface area contributed by atoms with Crippen molar-refractivity contribution in [2.24, 2.45) is 17.8 Å². The zero-order chi connectivity index (χ0) is 24.8. The molecule has 3 unspecified atom stereocenters. The zero-order valence-corrected chi connectivity index (χ0v) is 19.5. The largest absolute Gasteiger partial charge is 0.478 e. The molecule has 9 heteroatoms. The summed E-state index contributed by atoms with van der Waals surface area (Å²) in [7, 11) is 0. The van der Waals surface area contributed by atoms with Gasteiger partial charge in [-0.25, -0.2) is 4.79 Å². The van der Waals surface area contributed by atoms with E-state index in [9.17, 15) is 19.7 Å². The second kappa shape index (κ2) is 11.1. The second-order valence-corrected chi connectivity index (χ2v) is 9.09. The summed E-state index contributed by atoms with van der Waals surface area (Å²) in [6.45, 7) is 6.27. The van der Waals surface area contributed by atoms with Crippen LogP contribution in [-0.4, -0.2) is 34.6 Å². The molecule has 9 nitrogen and oxygen atoms in total. The van der Waals surface area contributed by atoms with Crippen molar-refractivity contribution >= 4 is 23.3 Å². The highest BCUT2D eigenvalue weighted by molar-refractivity contribution is 5.94. The van der Waals surface area contributed by atoms with Gasteiger partial charge in [0.15, 0.2) is 0 Å². The molecule has 0 aliphatic heterocycles. The smallest absolute Gasteiger partial charge is 0.335 e. The molecule has 0 spiro atoms. The Morgan fingerprint density at radius 3 is 2.59 bits per heavy atom. The number of amides is 1. The van der Waals surface area contributed by atoms with E-state index in [2.05, 4.69) is 26.1 Å². The maximum Gasteiger partial charge on any atom is 0.335 e. The number of nitrogens with one attached hydrogen (secondary N) is 1. The number of carbonyl (C=O) groups is 2. The van der Waals surface area contributed by atoms with Crippen molar-refractivity contribution in [3.63, 3.8) is 0 Å². The molecule has 0 heterocycles. The molecule has 1 fully saturated rings. The Bertz CT molecular complexity index is 1050. The molecule has 3 rings (SSSR count). The van der Waals surface area contributed by atoms with E-state index in [1.807, 2.05) is 0 Å². The molecule has 0 aromatic heterocycles. The summed E-state index contributed by atoms with van der Waals surface area (Å²) < 4.78 is 11.6. The lowest BCUT2D eigenvalue weighted by molar-refractivity contribution is -0.383. The van der Waals surface area contributed by atoms with Crippen molar-refractivity contribution in [3.8, 4) is 11.5 Å². The van der Waals surface area contributed by atoms with Crippen LogP contribution in [0.2, 0.25) is 0 Å². The zero-order valence-electron chi connectivity index (χ0n) is 19.5.